The molecule has 1 atom stereocenters. The van der Waals surface area contributed by atoms with Crippen LogP contribution in [0.3, 0.4) is 0 Å². The van der Waals surface area contributed by atoms with Gasteiger partial charge in [-0.05, 0) is 18.2 Å². The second-order valence-electron chi connectivity index (χ2n) is 4.97. The van der Waals surface area contributed by atoms with Gasteiger partial charge in [-0.1, -0.05) is 11.2 Å². The summed E-state index contributed by atoms with van der Waals surface area (Å²) in [5.41, 5.74) is 2.52. The van der Waals surface area contributed by atoms with E-state index in [4.69, 9.17) is 9.47 Å². The van der Waals surface area contributed by atoms with Crippen LogP contribution in [0.25, 0.3) is 22.4 Å². The molecule has 0 spiro atoms. The fraction of sp³-hybridized carbons (Fsp3) is 0.250. The number of aromatic nitrogens is 3. The summed E-state index contributed by atoms with van der Waals surface area (Å²) in [6.45, 7) is 0.366. The Balaban J connectivity index is 1.96. The van der Waals surface area contributed by atoms with Crippen LogP contribution in [-0.4, -0.2) is 45.2 Å². The maximum Gasteiger partial charge on any atom is 0.142 e. The van der Waals surface area contributed by atoms with E-state index >= 15 is 0 Å². The summed E-state index contributed by atoms with van der Waals surface area (Å²) in [5.74, 6) is 2.50. The third-order valence-corrected chi connectivity index (χ3v) is 4.10. The molecule has 0 radical (unpaired) electrons. The second kappa shape index (κ2) is 6.89. The van der Waals surface area contributed by atoms with E-state index in [9.17, 15) is 4.55 Å². The van der Waals surface area contributed by atoms with E-state index in [2.05, 4.69) is 15.0 Å². The highest BCUT2D eigenvalue weighted by molar-refractivity contribution is 7.90. The van der Waals surface area contributed by atoms with Gasteiger partial charge in [0.25, 0.3) is 0 Å². The Bertz CT molecular complexity index is 771. The minimum Gasteiger partial charge on any atom is -0.616 e. The lowest BCUT2D eigenvalue weighted by atomic mass is 10.2. The predicted octanol–water partition coefficient (Wildman–Crippen LogP) is 2.39. The predicted molar refractivity (Wildman–Crippen MR) is 90.3 cm³/mol. The summed E-state index contributed by atoms with van der Waals surface area (Å²) in [5, 5.41) is 0. The van der Waals surface area contributed by atoms with Crippen LogP contribution in [0.15, 0.2) is 36.7 Å². The van der Waals surface area contributed by atoms with Crippen LogP contribution in [0.5, 0.6) is 11.5 Å². The minimum absolute atomic E-state index is 0.366. The van der Waals surface area contributed by atoms with Crippen molar-refractivity contribution in [2.45, 2.75) is 0 Å². The zero-order valence-electron chi connectivity index (χ0n) is 12.9. The lowest BCUT2D eigenvalue weighted by molar-refractivity contribution is 0.338. The third-order valence-electron chi connectivity index (χ3n) is 3.36. The Morgan fingerprint density at radius 2 is 2.17 bits per heavy atom. The summed E-state index contributed by atoms with van der Waals surface area (Å²) in [7, 11) is 1.60. The van der Waals surface area contributed by atoms with E-state index < -0.39 is 11.2 Å². The van der Waals surface area contributed by atoms with Gasteiger partial charge in [0, 0.05) is 12.3 Å². The van der Waals surface area contributed by atoms with Gasteiger partial charge in [0.05, 0.1) is 30.6 Å². The number of fused-ring (bicyclic) bond motifs is 1. The minimum atomic E-state index is -0.898. The van der Waals surface area contributed by atoms with Crippen molar-refractivity contribution >= 4 is 22.2 Å². The van der Waals surface area contributed by atoms with E-state index in [1.165, 1.54) is 0 Å². The number of hydrogen-bond donors (Lipinski definition) is 1. The number of aromatic amines is 1. The molecule has 0 aliphatic heterocycles. The van der Waals surface area contributed by atoms with Crippen LogP contribution >= 0.6 is 0 Å². The molecule has 0 aliphatic rings. The van der Waals surface area contributed by atoms with Crippen molar-refractivity contribution in [1.82, 2.24) is 15.0 Å². The van der Waals surface area contributed by atoms with Gasteiger partial charge in [-0.2, -0.15) is 0 Å². The Morgan fingerprint density at radius 3 is 2.91 bits per heavy atom. The van der Waals surface area contributed by atoms with Crippen LogP contribution in [-0.2, 0) is 11.2 Å². The van der Waals surface area contributed by atoms with Crippen molar-refractivity contribution < 1.29 is 14.0 Å². The van der Waals surface area contributed by atoms with Gasteiger partial charge in [-0.3, -0.25) is 4.98 Å². The van der Waals surface area contributed by atoms with Gasteiger partial charge in [0.2, 0.25) is 0 Å². The number of nitrogens with one attached hydrogen (secondary N) is 1. The van der Waals surface area contributed by atoms with Crippen molar-refractivity contribution in [3.63, 3.8) is 0 Å². The maximum absolute atomic E-state index is 11.2. The molecule has 120 valence electrons. The molecule has 0 fully saturated rings. The molecule has 2 heterocycles. The normalized spacial score (nSPS) is 12.3. The SMILES string of the molecule is COc1ccc(-c2nc3cnccc3[nH]2)c(OCC[S+](C)[O-])c1. The van der Waals surface area contributed by atoms with Gasteiger partial charge >= 0.3 is 0 Å². The van der Waals surface area contributed by atoms with E-state index in [1.54, 1.807) is 31.8 Å². The molecular formula is C16H17N3O3S. The average Bonchev–Trinajstić information content (AvgIpc) is 2.98. The molecule has 3 aromatic rings. The molecule has 2 aromatic heterocycles. The highest BCUT2D eigenvalue weighted by Gasteiger charge is 2.13. The summed E-state index contributed by atoms with van der Waals surface area (Å²) >= 11 is -0.898. The molecule has 0 saturated carbocycles. The van der Waals surface area contributed by atoms with Crippen LogP contribution in [0.4, 0.5) is 0 Å². The highest BCUT2D eigenvalue weighted by atomic mass is 32.2. The molecule has 23 heavy (non-hydrogen) atoms. The number of methoxy groups -OCH3 is 1. The molecular weight excluding hydrogens is 314 g/mol. The molecule has 6 nitrogen and oxygen atoms in total. The Kier molecular flexibility index (Phi) is 4.68. The zero-order chi connectivity index (χ0) is 16.2. The number of benzene rings is 1. The molecule has 0 bridgehead atoms. The van der Waals surface area contributed by atoms with Crippen LogP contribution in [0.1, 0.15) is 0 Å². The number of ether oxygens (including phenoxy) is 2. The molecule has 0 aliphatic carbocycles. The second-order valence-corrected chi connectivity index (χ2v) is 6.52. The first-order valence-electron chi connectivity index (χ1n) is 7.08. The van der Waals surface area contributed by atoms with Gasteiger partial charge in [0.1, 0.15) is 35.2 Å². The Morgan fingerprint density at radius 1 is 1.30 bits per heavy atom. The number of imidazole rings is 1. The molecule has 0 saturated heterocycles. The number of hydrogen-bond acceptors (Lipinski definition) is 5. The number of nitrogens with zero attached hydrogens (tertiary/aromatic N) is 2. The van der Waals surface area contributed by atoms with E-state index in [1.807, 2.05) is 18.2 Å². The van der Waals surface area contributed by atoms with Gasteiger partial charge in [0.15, 0.2) is 0 Å². The van der Waals surface area contributed by atoms with Crippen molar-refractivity contribution in [2.24, 2.45) is 0 Å². The summed E-state index contributed by atoms with van der Waals surface area (Å²) < 4.78 is 22.3. The molecule has 0 amide bonds. The summed E-state index contributed by atoms with van der Waals surface area (Å²) in [6.07, 6.45) is 5.08. The molecule has 1 N–H and O–H groups in total. The standard InChI is InChI=1S/C16H17N3O3S/c1-21-11-3-4-12(15(9-11)22-7-8-23(2)20)16-18-13-5-6-17-10-14(13)19-16/h3-6,9-10H,7-8H2,1-2H3,(H,18,19). The Hall–Kier alpha value is -2.25. The van der Waals surface area contributed by atoms with Crippen molar-refractivity contribution in [3.8, 4) is 22.9 Å². The summed E-state index contributed by atoms with van der Waals surface area (Å²) in [6, 6.07) is 7.42. The number of rotatable bonds is 6. The quantitative estimate of drug-likeness (QED) is 0.701. The average molecular weight is 331 g/mol. The summed E-state index contributed by atoms with van der Waals surface area (Å²) in [4.78, 5) is 11.9. The van der Waals surface area contributed by atoms with Crippen molar-refractivity contribution in [3.05, 3.63) is 36.7 Å². The van der Waals surface area contributed by atoms with E-state index in [-0.39, 0.29) is 0 Å². The molecule has 3 rings (SSSR count). The van der Waals surface area contributed by atoms with Gasteiger partial charge in [-0.15, -0.1) is 0 Å². The monoisotopic (exact) mass is 331 g/mol. The van der Waals surface area contributed by atoms with Gasteiger partial charge < -0.3 is 19.0 Å². The fourth-order valence-corrected chi connectivity index (χ4v) is 2.52. The third kappa shape index (κ3) is 3.57. The fourth-order valence-electron chi connectivity index (χ4n) is 2.20. The lowest BCUT2D eigenvalue weighted by Crippen LogP contribution is -2.12. The van der Waals surface area contributed by atoms with Gasteiger partial charge in [-0.25, -0.2) is 4.98 Å². The largest absolute Gasteiger partial charge is 0.616 e. The highest BCUT2D eigenvalue weighted by Crippen LogP contribution is 2.32. The molecule has 1 unspecified atom stereocenters. The van der Waals surface area contributed by atoms with E-state index in [0.717, 1.165) is 16.6 Å². The molecule has 1 aromatic carbocycles. The first kappa shape index (κ1) is 15.6. The van der Waals surface area contributed by atoms with Crippen molar-refractivity contribution in [2.75, 3.05) is 25.7 Å². The maximum atomic E-state index is 11.2. The molecule has 7 heteroatoms. The van der Waals surface area contributed by atoms with Crippen LogP contribution < -0.4 is 9.47 Å². The van der Waals surface area contributed by atoms with E-state index in [0.29, 0.717) is 29.7 Å². The topological polar surface area (TPSA) is 83.1 Å². The van der Waals surface area contributed by atoms with Crippen LogP contribution in [0, 0.1) is 0 Å². The number of H-pyrrole nitrogens is 1. The van der Waals surface area contributed by atoms with Crippen LogP contribution in [0.2, 0.25) is 0 Å². The zero-order valence-corrected chi connectivity index (χ0v) is 13.7. The smallest absolute Gasteiger partial charge is 0.142 e. The van der Waals surface area contributed by atoms with Crippen molar-refractivity contribution in [1.29, 1.82) is 0 Å². The lowest BCUT2D eigenvalue weighted by Gasteiger charge is -2.12. The first-order valence-corrected chi connectivity index (χ1v) is 8.81. The first-order chi connectivity index (χ1) is 11.2. The number of pyridine rings is 1. The Labute approximate surface area is 137 Å².